The SMILES string of the molecule is O[C@@H]1CC(Cn2cc(Cl)cn2)C[C@H]1Nc1ncnn2cccc12. The molecule has 3 heterocycles. The molecule has 0 aliphatic heterocycles. The predicted molar refractivity (Wildman–Crippen MR) is 86.4 cm³/mol. The highest BCUT2D eigenvalue weighted by Crippen LogP contribution is 2.30. The number of hydrogen-bond acceptors (Lipinski definition) is 5. The Bertz CT molecular complexity index is 815. The van der Waals surface area contributed by atoms with Crippen LogP contribution in [0.3, 0.4) is 0 Å². The van der Waals surface area contributed by atoms with Gasteiger partial charge in [0.1, 0.15) is 11.8 Å². The fourth-order valence-corrected chi connectivity index (χ4v) is 3.43. The van der Waals surface area contributed by atoms with Crippen LogP contribution in [0.2, 0.25) is 5.02 Å². The molecule has 1 saturated carbocycles. The highest BCUT2D eigenvalue weighted by molar-refractivity contribution is 6.30. The minimum absolute atomic E-state index is 0.0281. The van der Waals surface area contributed by atoms with E-state index in [0.717, 1.165) is 30.7 Å². The van der Waals surface area contributed by atoms with Gasteiger partial charge in [0.25, 0.3) is 0 Å². The number of anilines is 1. The molecule has 3 aromatic rings. The van der Waals surface area contributed by atoms with E-state index in [1.165, 1.54) is 6.33 Å². The lowest BCUT2D eigenvalue weighted by molar-refractivity contribution is 0.166. The second kappa shape index (κ2) is 5.82. The molecule has 0 radical (unpaired) electrons. The Kier molecular flexibility index (Phi) is 3.66. The first-order chi connectivity index (χ1) is 11.2. The molecule has 1 unspecified atom stereocenters. The van der Waals surface area contributed by atoms with Crippen LogP contribution in [0.5, 0.6) is 0 Å². The van der Waals surface area contributed by atoms with Crippen LogP contribution in [0.1, 0.15) is 12.8 Å². The molecule has 1 aliphatic rings. The van der Waals surface area contributed by atoms with Crippen molar-refractivity contribution in [2.24, 2.45) is 5.92 Å². The van der Waals surface area contributed by atoms with E-state index < -0.39 is 6.10 Å². The summed E-state index contributed by atoms with van der Waals surface area (Å²) in [7, 11) is 0. The maximum Gasteiger partial charge on any atom is 0.154 e. The fraction of sp³-hybridized carbons (Fsp3) is 0.400. The number of nitrogens with zero attached hydrogens (tertiary/aromatic N) is 5. The molecule has 2 N–H and O–H groups in total. The molecule has 1 aliphatic carbocycles. The van der Waals surface area contributed by atoms with Gasteiger partial charge in [-0.05, 0) is 30.9 Å². The van der Waals surface area contributed by atoms with E-state index in [4.69, 9.17) is 11.6 Å². The maximum absolute atomic E-state index is 10.4. The van der Waals surface area contributed by atoms with Gasteiger partial charge in [0.15, 0.2) is 5.82 Å². The van der Waals surface area contributed by atoms with Crippen molar-refractivity contribution < 1.29 is 5.11 Å². The molecule has 1 fully saturated rings. The monoisotopic (exact) mass is 332 g/mol. The van der Waals surface area contributed by atoms with Crippen molar-refractivity contribution in [3.05, 3.63) is 42.1 Å². The van der Waals surface area contributed by atoms with Crippen LogP contribution >= 0.6 is 11.6 Å². The van der Waals surface area contributed by atoms with Gasteiger partial charge < -0.3 is 10.4 Å². The zero-order valence-electron chi connectivity index (χ0n) is 12.4. The number of fused-ring (bicyclic) bond motifs is 1. The summed E-state index contributed by atoms with van der Waals surface area (Å²) in [6.07, 6.45) is 8.01. The van der Waals surface area contributed by atoms with Crippen molar-refractivity contribution in [3.8, 4) is 0 Å². The molecule has 7 nitrogen and oxygen atoms in total. The number of aliphatic hydroxyl groups is 1. The first kappa shape index (κ1) is 14.5. The highest BCUT2D eigenvalue weighted by atomic mass is 35.5. The van der Waals surface area contributed by atoms with Gasteiger partial charge >= 0.3 is 0 Å². The van der Waals surface area contributed by atoms with Gasteiger partial charge in [0.2, 0.25) is 0 Å². The van der Waals surface area contributed by atoms with E-state index in [-0.39, 0.29) is 6.04 Å². The number of aliphatic hydroxyl groups excluding tert-OH is 1. The number of rotatable bonds is 4. The first-order valence-electron chi connectivity index (χ1n) is 7.60. The highest BCUT2D eigenvalue weighted by Gasteiger charge is 2.33. The Balaban J connectivity index is 1.46. The molecule has 23 heavy (non-hydrogen) atoms. The average Bonchev–Trinajstić information content (AvgIpc) is 3.22. The van der Waals surface area contributed by atoms with Crippen LogP contribution in [0.25, 0.3) is 5.52 Å². The molecular weight excluding hydrogens is 316 g/mol. The quantitative estimate of drug-likeness (QED) is 0.762. The zero-order valence-corrected chi connectivity index (χ0v) is 13.1. The van der Waals surface area contributed by atoms with E-state index in [9.17, 15) is 5.11 Å². The lowest BCUT2D eigenvalue weighted by atomic mass is 10.1. The minimum Gasteiger partial charge on any atom is -0.391 e. The molecule has 3 aromatic heterocycles. The van der Waals surface area contributed by atoms with Crippen LogP contribution in [0.4, 0.5) is 5.82 Å². The molecule has 0 amide bonds. The van der Waals surface area contributed by atoms with Crippen LogP contribution in [-0.2, 0) is 6.54 Å². The summed E-state index contributed by atoms with van der Waals surface area (Å²) in [5.74, 6) is 1.10. The fourth-order valence-electron chi connectivity index (χ4n) is 3.28. The van der Waals surface area contributed by atoms with E-state index in [0.29, 0.717) is 10.9 Å². The number of aromatic nitrogens is 5. The Labute approximate surface area is 137 Å². The zero-order chi connectivity index (χ0) is 15.8. The van der Waals surface area contributed by atoms with Crippen molar-refractivity contribution in [3.63, 3.8) is 0 Å². The lowest BCUT2D eigenvalue weighted by Crippen LogP contribution is -2.28. The molecule has 0 bridgehead atoms. The summed E-state index contributed by atoms with van der Waals surface area (Å²) in [5, 5.41) is 22.7. The molecule has 8 heteroatoms. The van der Waals surface area contributed by atoms with E-state index in [1.807, 2.05) is 29.2 Å². The third kappa shape index (κ3) is 2.89. The minimum atomic E-state index is -0.406. The third-order valence-electron chi connectivity index (χ3n) is 4.33. The van der Waals surface area contributed by atoms with Gasteiger partial charge in [-0.2, -0.15) is 10.2 Å². The van der Waals surface area contributed by atoms with Crippen molar-refractivity contribution >= 4 is 22.9 Å². The molecule has 0 aromatic carbocycles. The normalized spacial score (nSPS) is 24.3. The van der Waals surface area contributed by atoms with E-state index >= 15 is 0 Å². The van der Waals surface area contributed by atoms with Gasteiger partial charge in [0, 0.05) is 18.9 Å². The Morgan fingerprint density at radius 3 is 3.09 bits per heavy atom. The molecular formula is C15H17ClN6O. The lowest BCUT2D eigenvalue weighted by Gasteiger charge is -2.17. The summed E-state index contributed by atoms with van der Waals surface area (Å²) in [6, 6.07) is 3.84. The standard InChI is InChI=1S/C15H17ClN6O/c16-11-6-18-21(8-11)7-10-4-12(14(23)5-10)20-15-13-2-1-3-22(13)19-9-17-15/h1-3,6,8-10,12,14,23H,4-5,7H2,(H,17,19,20)/t10?,12-,14-/m1/s1. The van der Waals surface area contributed by atoms with Crippen molar-refractivity contribution in [1.29, 1.82) is 0 Å². The molecule has 4 rings (SSSR count). The van der Waals surface area contributed by atoms with Crippen molar-refractivity contribution in [2.45, 2.75) is 31.5 Å². The molecule has 0 spiro atoms. The largest absolute Gasteiger partial charge is 0.391 e. The second-order valence-electron chi connectivity index (χ2n) is 5.98. The molecule has 3 atom stereocenters. The first-order valence-corrected chi connectivity index (χ1v) is 7.98. The summed E-state index contributed by atoms with van der Waals surface area (Å²) in [6.45, 7) is 0.756. The predicted octanol–water partition coefficient (Wildman–Crippen LogP) is 1.83. The van der Waals surface area contributed by atoms with Gasteiger partial charge in [0.05, 0.1) is 23.4 Å². The van der Waals surface area contributed by atoms with Gasteiger partial charge in [-0.3, -0.25) is 4.68 Å². The van der Waals surface area contributed by atoms with Gasteiger partial charge in [-0.1, -0.05) is 11.6 Å². The molecule has 120 valence electrons. The summed E-state index contributed by atoms with van der Waals surface area (Å²) >= 11 is 5.89. The number of hydrogen-bond donors (Lipinski definition) is 2. The van der Waals surface area contributed by atoms with Crippen LogP contribution in [-0.4, -0.2) is 41.6 Å². The number of nitrogens with one attached hydrogen (secondary N) is 1. The van der Waals surface area contributed by atoms with Crippen LogP contribution < -0.4 is 5.32 Å². The Hall–Kier alpha value is -2.12. The topological polar surface area (TPSA) is 80.3 Å². The van der Waals surface area contributed by atoms with Gasteiger partial charge in [-0.15, -0.1) is 0 Å². The van der Waals surface area contributed by atoms with Crippen molar-refractivity contribution in [1.82, 2.24) is 24.4 Å². The van der Waals surface area contributed by atoms with Crippen LogP contribution in [0, 0.1) is 5.92 Å². The van der Waals surface area contributed by atoms with E-state index in [1.54, 1.807) is 10.7 Å². The summed E-state index contributed by atoms with van der Waals surface area (Å²) in [5.41, 5.74) is 0.905. The Morgan fingerprint density at radius 2 is 2.26 bits per heavy atom. The summed E-state index contributed by atoms with van der Waals surface area (Å²) in [4.78, 5) is 4.30. The van der Waals surface area contributed by atoms with Gasteiger partial charge in [-0.25, -0.2) is 9.50 Å². The number of halogens is 1. The van der Waals surface area contributed by atoms with Crippen LogP contribution in [0.15, 0.2) is 37.1 Å². The maximum atomic E-state index is 10.4. The molecule has 0 saturated heterocycles. The average molecular weight is 333 g/mol. The second-order valence-corrected chi connectivity index (χ2v) is 6.42. The summed E-state index contributed by atoms with van der Waals surface area (Å²) < 4.78 is 3.60. The third-order valence-corrected chi connectivity index (χ3v) is 4.52. The van der Waals surface area contributed by atoms with Crippen molar-refractivity contribution in [2.75, 3.05) is 5.32 Å². The van der Waals surface area contributed by atoms with E-state index in [2.05, 4.69) is 20.5 Å². The smallest absolute Gasteiger partial charge is 0.154 e. The Morgan fingerprint density at radius 1 is 1.35 bits per heavy atom.